The number of allylic oxidation sites excluding steroid dienone is 2. The van der Waals surface area contributed by atoms with Gasteiger partial charge in [-0.2, -0.15) is 0 Å². The maximum Gasteiger partial charge on any atom is 0.324 e. The molecular formula is C21H18O3. The Balaban J connectivity index is 2.03. The predicted molar refractivity (Wildman–Crippen MR) is 94.3 cm³/mol. The number of rotatable bonds is 4. The fourth-order valence-corrected chi connectivity index (χ4v) is 3.09. The molecule has 1 unspecified atom stereocenters. The Morgan fingerprint density at radius 1 is 1.04 bits per heavy atom. The molecule has 3 heteroatoms. The molecule has 0 radical (unpaired) electrons. The average Bonchev–Trinajstić information content (AvgIpc) is 2.64. The van der Waals surface area contributed by atoms with E-state index in [2.05, 4.69) is 0 Å². The zero-order chi connectivity index (χ0) is 17.0. The van der Waals surface area contributed by atoms with Gasteiger partial charge < -0.3 is 4.74 Å². The van der Waals surface area contributed by atoms with Crippen molar-refractivity contribution >= 4 is 23.9 Å². The molecule has 0 fully saturated rings. The number of hydrogen-bond donors (Lipinski definition) is 0. The number of hydrogen-bond acceptors (Lipinski definition) is 3. The lowest BCUT2D eigenvalue weighted by Gasteiger charge is -2.31. The molecule has 0 spiro atoms. The molecule has 3 nitrogen and oxygen atoms in total. The number of fused-ring (bicyclic) bond motifs is 1. The second-order valence-corrected chi connectivity index (χ2v) is 5.70. The number of benzene rings is 2. The van der Waals surface area contributed by atoms with Crippen molar-refractivity contribution in [2.45, 2.75) is 11.8 Å². The van der Waals surface area contributed by atoms with E-state index in [4.69, 9.17) is 4.74 Å². The molecule has 1 aliphatic carbocycles. The van der Waals surface area contributed by atoms with E-state index in [-0.39, 0.29) is 12.2 Å². The van der Waals surface area contributed by atoms with Gasteiger partial charge in [0, 0.05) is 0 Å². The van der Waals surface area contributed by atoms with Crippen LogP contribution in [0.25, 0.3) is 12.2 Å². The first-order valence-electron chi connectivity index (χ1n) is 7.80. The molecule has 2 aromatic carbocycles. The van der Waals surface area contributed by atoms with Gasteiger partial charge in [-0.05, 0) is 29.2 Å². The first-order valence-corrected chi connectivity index (χ1v) is 7.80. The molecule has 3 rings (SSSR count). The number of ether oxygens (including phenoxy) is 1. The zero-order valence-electron chi connectivity index (χ0n) is 13.4. The predicted octanol–water partition coefficient (Wildman–Crippen LogP) is 3.80. The van der Waals surface area contributed by atoms with Crippen LogP contribution in [0.2, 0.25) is 0 Å². The van der Waals surface area contributed by atoms with Crippen molar-refractivity contribution in [2.75, 3.05) is 7.11 Å². The van der Waals surface area contributed by atoms with Crippen molar-refractivity contribution in [3.05, 3.63) is 83.4 Å². The molecule has 1 aliphatic rings. The van der Waals surface area contributed by atoms with Crippen LogP contribution >= 0.6 is 0 Å². The van der Waals surface area contributed by atoms with E-state index in [9.17, 15) is 9.59 Å². The molecule has 0 N–H and O–H groups in total. The lowest BCUT2D eigenvalue weighted by molar-refractivity contribution is -0.150. The van der Waals surface area contributed by atoms with E-state index in [1.165, 1.54) is 13.2 Å². The van der Waals surface area contributed by atoms with Crippen LogP contribution in [0.5, 0.6) is 0 Å². The molecule has 24 heavy (non-hydrogen) atoms. The summed E-state index contributed by atoms with van der Waals surface area (Å²) in [5.41, 5.74) is 1.27. The van der Waals surface area contributed by atoms with Crippen LogP contribution in [0.1, 0.15) is 23.1 Å². The van der Waals surface area contributed by atoms with Crippen molar-refractivity contribution in [2.24, 2.45) is 0 Å². The molecule has 0 aliphatic heterocycles. The van der Waals surface area contributed by atoms with Crippen molar-refractivity contribution in [3.8, 4) is 0 Å². The van der Waals surface area contributed by atoms with Gasteiger partial charge in [-0.25, -0.2) is 0 Å². The standard InChI is InChI=1S/C21H18O3/c1-24-20(23)21(15-7-10-16-8-3-2-4-9-16)18-12-6-5-11-17(18)13-14-19(21)22/h2-14H,15H2,1H3/b10-7-. The van der Waals surface area contributed by atoms with E-state index in [1.54, 1.807) is 6.08 Å². The molecule has 0 aromatic heterocycles. The maximum atomic E-state index is 12.7. The lowest BCUT2D eigenvalue weighted by Crippen LogP contribution is -2.45. The van der Waals surface area contributed by atoms with E-state index < -0.39 is 11.4 Å². The Morgan fingerprint density at radius 3 is 2.50 bits per heavy atom. The fraction of sp³-hybridized carbons (Fsp3) is 0.143. The Labute approximate surface area is 141 Å². The van der Waals surface area contributed by atoms with Crippen LogP contribution < -0.4 is 0 Å². The smallest absolute Gasteiger partial charge is 0.324 e. The normalized spacial score (nSPS) is 19.3. The summed E-state index contributed by atoms with van der Waals surface area (Å²) in [4.78, 5) is 25.3. The third-order valence-corrected chi connectivity index (χ3v) is 4.32. The second-order valence-electron chi connectivity index (χ2n) is 5.70. The van der Waals surface area contributed by atoms with Gasteiger partial charge in [0.2, 0.25) is 0 Å². The van der Waals surface area contributed by atoms with E-state index in [0.717, 1.165) is 11.1 Å². The minimum atomic E-state index is -1.31. The van der Waals surface area contributed by atoms with Crippen molar-refractivity contribution < 1.29 is 14.3 Å². The van der Waals surface area contributed by atoms with Crippen LogP contribution in [0.3, 0.4) is 0 Å². The summed E-state index contributed by atoms with van der Waals surface area (Å²) >= 11 is 0. The molecule has 2 aromatic rings. The summed E-state index contributed by atoms with van der Waals surface area (Å²) < 4.78 is 5.00. The van der Waals surface area contributed by atoms with Crippen LogP contribution in [-0.2, 0) is 19.7 Å². The first kappa shape index (κ1) is 15.9. The largest absolute Gasteiger partial charge is 0.468 e. The topological polar surface area (TPSA) is 43.4 Å². The monoisotopic (exact) mass is 318 g/mol. The number of ketones is 1. The van der Waals surface area contributed by atoms with Crippen LogP contribution in [0, 0.1) is 0 Å². The van der Waals surface area contributed by atoms with Gasteiger partial charge in [0.25, 0.3) is 0 Å². The number of esters is 1. The summed E-state index contributed by atoms with van der Waals surface area (Å²) in [6.07, 6.45) is 7.25. The Hall–Kier alpha value is -2.94. The number of carbonyl (C=O) groups excluding carboxylic acids is 2. The van der Waals surface area contributed by atoms with E-state index in [0.29, 0.717) is 5.56 Å². The maximum absolute atomic E-state index is 12.7. The van der Waals surface area contributed by atoms with Gasteiger partial charge in [0.05, 0.1) is 7.11 Å². The highest BCUT2D eigenvalue weighted by molar-refractivity contribution is 6.18. The van der Waals surface area contributed by atoms with Crippen LogP contribution in [0.15, 0.2) is 66.7 Å². The van der Waals surface area contributed by atoms with Gasteiger partial charge in [0.1, 0.15) is 0 Å². The molecular weight excluding hydrogens is 300 g/mol. The van der Waals surface area contributed by atoms with Gasteiger partial charge in [0.15, 0.2) is 11.2 Å². The minimum absolute atomic E-state index is 0.245. The van der Waals surface area contributed by atoms with Gasteiger partial charge >= 0.3 is 5.97 Å². The van der Waals surface area contributed by atoms with Crippen LogP contribution in [-0.4, -0.2) is 18.9 Å². The highest BCUT2D eigenvalue weighted by Gasteiger charge is 2.48. The number of methoxy groups -OCH3 is 1. The SMILES string of the molecule is COC(=O)C1(C/C=C\c2ccccc2)C(=O)C=Cc2ccccc21. The molecule has 1 atom stereocenters. The molecule has 0 bridgehead atoms. The lowest BCUT2D eigenvalue weighted by atomic mass is 9.69. The second kappa shape index (κ2) is 6.67. The third kappa shape index (κ3) is 2.69. The number of carbonyl (C=O) groups is 2. The summed E-state index contributed by atoms with van der Waals surface area (Å²) in [5.74, 6) is -0.771. The highest BCUT2D eigenvalue weighted by atomic mass is 16.5. The van der Waals surface area contributed by atoms with Gasteiger partial charge in [-0.3, -0.25) is 9.59 Å². The third-order valence-electron chi connectivity index (χ3n) is 4.32. The van der Waals surface area contributed by atoms with E-state index >= 15 is 0 Å². The van der Waals surface area contributed by atoms with Crippen molar-refractivity contribution in [3.63, 3.8) is 0 Å². The van der Waals surface area contributed by atoms with Crippen LogP contribution in [0.4, 0.5) is 0 Å². The summed E-state index contributed by atoms with van der Waals surface area (Å²) in [5, 5.41) is 0. The molecule has 120 valence electrons. The summed E-state index contributed by atoms with van der Waals surface area (Å²) in [6.45, 7) is 0. The van der Waals surface area contributed by atoms with Crippen molar-refractivity contribution in [1.82, 2.24) is 0 Å². The highest BCUT2D eigenvalue weighted by Crippen LogP contribution is 2.38. The Kier molecular flexibility index (Phi) is 4.43. The molecule has 0 heterocycles. The van der Waals surface area contributed by atoms with Gasteiger partial charge in [-0.15, -0.1) is 0 Å². The molecule has 0 saturated heterocycles. The fourth-order valence-electron chi connectivity index (χ4n) is 3.09. The quantitative estimate of drug-likeness (QED) is 0.636. The summed E-state index contributed by atoms with van der Waals surface area (Å²) in [6, 6.07) is 17.2. The van der Waals surface area contributed by atoms with Gasteiger partial charge in [-0.1, -0.05) is 72.8 Å². The van der Waals surface area contributed by atoms with E-state index in [1.807, 2.05) is 66.7 Å². The first-order chi connectivity index (χ1) is 11.7. The average molecular weight is 318 g/mol. The Morgan fingerprint density at radius 2 is 1.75 bits per heavy atom. The molecule has 0 amide bonds. The molecule has 0 saturated carbocycles. The van der Waals surface area contributed by atoms with Crippen molar-refractivity contribution in [1.29, 1.82) is 0 Å². The summed E-state index contributed by atoms with van der Waals surface area (Å²) in [7, 11) is 1.32. The Bertz CT molecular complexity index is 818. The minimum Gasteiger partial charge on any atom is -0.468 e. The zero-order valence-corrected chi connectivity index (χ0v) is 13.4.